The lowest BCUT2D eigenvalue weighted by molar-refractivity contribution is -0.00238. The summed E-state index contributed by atoms with van der Waals surface area (Å²) in [6.45, 7) is 8.73. The number of halogens is 1. The lowest BCUT2D eigenvalue weighted by Crippen LogP contribution is -2.71. The van der Waals surface area contributed by atoms with Crippen molar-refractivity contribution < 1.29 is 9.59 Å². The zero-order valence-electron chi connectivity index (χ0n) is 28.8. The zero-order valence-corrected chi connectivity index (χ0v) is 30.4. The molecule has 2 fully saturated rings. The van der Waals surface area contributed by atoms with Gasteiger partial charge in [-0.1, -0.05) is 40.2 Å². The molecule has 3 aromatic carbocycles. The molecule has 1 N–H and O–H groups in total. The fourth-order valence-corrected chi connectivity index (χ4v) is 8.24. The van der Waals surface area contributed by atoms with Crippen molar-refractivity contribution in [3.8, 4) is 16.9 Å². The Hall–Kier alpha value is -5.07. The Balaban J connectivity index is 1.14. The van der Waals surface area contributed by atoms with E-state index < -0.39 is 5.91 Å². The van der Waals surface area contributed by atoms with Crippen LogP contribution in [0.3, 0.4) is 0 Å². The highest BCUT2D eigenvalue weighted by Gasteiger charge is 2.50. The molecule has 0 saturated carbocycles. The Kier molecular flexibility index (Phi) is 8.38. The molecule has 260 valence electrons. The van der Waals surface area contributed by atoms with Crippen LogP contribution in [-0.2, 0) is 19.6 Å². The van der Waals surface area contributed by atoms with Gasteiger partial charge in [-0.15, -0.1) is 0 Å². The van der Waals surface area contributed by atoms with Crippen LogP contribution in [0.25, 0.3) is 16.9 Å². The second-order valence-electron chi connectivity index (χ2n) is 14.3. The molecule has 0 unspecified atom stereocenters. The van der Waals surface area contributed by atoms with Gasteiger partial charge in [-0.3, -0.25) is 18.7 Å². The first-order valence-corrected chi connectivity index (χ1v) is 18.0. The molecule has 2 aromatic heterocycles. The monoisotopic (exact) mass is 746 g/mol. The first kappa shape index (κ1) is 33.1. The third-order valence-electron chi connectivity index (χ3n) is 10.5. The van der Waals surface area contributed by atoms with Gasteiger partial charge in [0.2, 0.25) is 0 Å². The maximum absolute atomic E-state index is 14.4. The molecule has 0 aliphatic carbocycles. The molecular formula is C39H39BrN8O3. The number of aromatic nitrogens is 4. The number of imidazole rings is 1. The fraction of sp³-hybridized carbons (Fsp3) is 0.308. The molecular weight excluding hydrogens is 708 g/mol. The predicted molar refractivity (Wildman–Crippen MR) is 199 cm³/mol. The van der Waals surface area contributed by atoms with E-state index in [0.29, 0.717) is 28.1 Å². The average molecular weight is 748 g/mol. The molecule has 1 spiro atoms. The molecule has 3 aliphatic heterocycles. The van der Waals surface area contributed by atoms with Gasteiger partial charge < -0.3 is 20.0 Å². The number of nitrogens with one attached hydrogen (secondary N) is 1. The lowest BCUT2D eigenvalue weighted by Gasteiger charge is -2.60. The van der Waals surface area contributed by atoms with Crippen LogP contribution in [0.2, 0.25) is 0 Å². The van der Waals surface area contributed by atoms with Crippen molar-refractivity contribution in [2.75, 3.05) is 38.1 Å². The van der Waals surface area contributed by atoms with Gasteiger partial charge in [0.25, 0.3) is 11.8 Å². The van der Waals surface area contributed by atoms with Gasteiger partial charge in [0, 0.05) is 78.2 Å². The molecule has 3 aliphatic rings. The number of rotatable bonds is 7. The highest BCUT2D eigenvalue weighted by Crippen LogP contribution is 2.41. The average Bonchev–Trinajstić information content (AvgIpc) is 3.40. The van der Waals surface area contributed by atoms with E-state index in [4.69, 9.17) is 0 Å². The van der Waals surface area contributed by atoms with Crippen molar-refractivity contribution in [2.24, 2.45) is 5.41 Å². The number of hydrogen-bond donors (Lipinski definition) is 1. The summed E-state index contributed by atoms with van der Waals surface area (Å²) in [5, 5.41) is 11.4. The lowest BCUT2D eigenvalue weighted by atomic mass is 9.73. The maximum atomic E-state index is 14.4. The van der Waals surface area contributed by atoms with Crippen molar-refractivity contribution >= 4 is 33.4 Å². The normalized spacial score (nSPS) is 17.8. The summed E-state index contributed by atoms with van der Waals surface area (Å²) in [4.78, 5) is 49.1. The van der Waals surface area contributed by atoms with Gasteiger partial charge in [-0.25, -0.2) is 4.79 Å². The Labute approximate surface area is 304 Å². The summed E-state index contributed by atoms with van der Waals surface area (Å²) < 4.78 is 4.09. The summed E-state index contributed by atoms with van der Waals surface area (Å²) in [7, 11) is 2.15. The van der Waals surface area contributed by atoms with E-state index >= 15 is 0 Å². The van der Waals surface area contributed by atoms with Crippen LogP contribution < -0.4 is 15.9 Å². The molecule has 12 heteroatoms. The highest BCUT2D eigenvalue weighted by atomic mass is 79.9. The molecule has 0 radical (unpaired) electrons. The minimum absolute atomic E-state index is 0.110. The number of nitrogens with zero attached hydrogens (tertiary/aromatic N) is 7. The van der Waals surface area contributed by atoms with Gasteiger partial charge in [0.05, 0.1) is 23.6 Å². The highest BCUT2D eigenvalue weighted by molar-refractivity contribution is 9.10. The molecule has 2 saturated heterocycles. The molecule has 11 nitrogen and oxygen atoms in total. The van der Waals surface area contributed by atoms with Gasteiger partial charge in [-0.05, 0) is 86.6 Å². The number of benzene rings is 3. The molecule has 0 bridgehead atoms. The van der Waals surface area contributed by atoms with Gasteiger partial charge >= 0.3 is 5.69 Å². The van der Waals surface area contributed by atoms with Crippen LogP contribution in [0.15, 0.2) is 94.3 Å². The van der Waals surface area contributed by atoms with Gasteiger partial charge in [0.1, 0.15) is 5.69 Å². The van der Waals surface area contributed by atoms with E-state index in [9.17, 15) is 14.4 Å². The SMILES string of the molecule is Cc1cc(C(=O)N2Cc3c(C(=O)NCc4ccccc4-c4cccnn4)n(-c4ccc(N5CC6(CN(C)C6)C5)cc4)c(=O)n3C[C@@H]2C)ccc1Br. The van der Waals surface area contributed by atoms with E-state index in [1.807, 2.05) is 86.6 Å². The fourth-order valence-electron chi connectivity index (χ4n) is 7.99. The smallest absolute Gasteiger partial charge is 0.333 e. The third-order valence-corrected chi connectivity index (χ3v) is 11.4. The number of carbonyl (C=O) groups is 2. The maximum Gasteiger partial charge on any atom is 0.333 e. The number of anilines is 1. The summed E-state index contributed by atoms with van der Waals surface area (Å²) in [6.07, 6.45) is 1.62. The van der Waals surface area contributed by atoms with Crippen LogP contribution >= 0.6 is 15.9 Å². The minimum Gasteiger partial charge on any atom is -0.370 e. The number of carbonyl (C=O) groups excluding carboxylic acids is 2. The molecule has 1 atom stereocenters. The molecule has 51 heavy (non-hydrogen) atoms. The van der Waals surface area contributed by atoms with Crippen LogP contribution in [0.1, 0.15) is 44.6 Å². The van der Waals surface area contributed by atoms with E-state index in [1.165, 1.54) is 4.57 Å². The van der Waals surface area contributed by atoms with Crippen molar-refractivity contribution in [3.05, 3.63) is 128 Å². The Morgan fingerprint density at radius 3 is 2.41 bits per heavy atom. The van der Waals surface area contributed by atoms with Crippen molar-refractivity contribution in [1.82, 2.24) is 34.4 Å². The van der Waals surface area contributed by atoms with Crippen molar-refractivity contribution in [1.29, 1.82) is 0 Å². The first-order valence-electron chi connectivity index (χ1n) is 17.2. The summed E-state index contributed by atoms with van der Waals surface area (Å²) in [5.41, 5.74) is 6.43. The van der Waals surface area contributed by atoms with E-state index in [1.54, 1.807) is 21.7 Å². The zero-order chi connectivity index (χ0) is 35.4. The Morgan fingerprint density at radius 1 is 0.961 bits per heavy atom. The standard InChI is InChI=1S/C39H39BrN8O3/c1-25-17-27(10-15-32(25)40)37(50)46-20-34-35(36(49)41-18-28-7-4-5-8-31(28)33-9-6-16-42-43-33)48(38(51)47(34)19-26(46)2)30-13-11-29(12-14-30)45-23-39(24-45)21-44(3)22-39/h4-17,26H,18-24H2,1-3H3,(H,41,49)/t26-/m0/s1. The third kappa shape index (κ3) is 5.95. The number of fused-ring (bicyclic) bond motifs is 1. The Morgan fingerprint density at radius 2 is 1.71 bits per heavy atom. The molecule has 2 amide bonds. The van der Waals surface area contributed by atoms with Gasteiger partial charge in [0.15, 0.2) is 0 Å². The van der Waals surface area contributed by atoms with Gasteiger partial charge in [-0.2, -0.15) is 10.2 Å². The first-order chi connectivity index (χ1) is 24.6. The second kappa shape index (κ2) is 12.9. The molecule has 5 aromatic rings. The van der Waals surface area contributed by atoms with E-state index in [0.717, 1.165) is 53.0 Å². The summed E-state index contributed by atoms with van der Waals surface area (Å²) >= 11 is 3.53. The second-order valence-corrected chi connectivity index (χ2v) is 15.1. The summed E-state index contributed by atoms with van der Waals surface area (Å²) in [5.74, 6) is -0.553. The molecule has 5 heterocycles. The number of amides is 2. The van der Waals surface area contributed by atoms with E-state index in [-0.39, 0.29) is 43.0 Å². The minimum atomic E-state index is -0.404. The summed E-state index contributed by atoms with van der Waals surface area (Å²) in [6, 6.07) is 24.6. The van der Waals surface area contributed by atoms with E-state index in [2.05, 4.69) is 48.3 Å². The quantitative estimate of drug-likeness (QED) is 0.253. The number of aryl methyl sites for hydroxylation is 1. The number of hydrogen-bond acceptors (Lipinski definition) is 7. The number of likely N-dealkylation sites (tertiary alicyclic amines) is 1. The Bertz CT molecular complexity index is 2200. The van der Waals surface area contributed by atoms with Crippen molar-refractivity contribution in [2.45, 2.75) is 39.5 Å². The van der Waals surface area contributed by atoms with Crippen molar-refractivity contribution in [3.63, 3.8) is 0 Å². The van der Waals surface area contributed by atoms with Crippen LogP contribution in [0.4, 0.5) is 5.69 Å². The van der Waals surface area contributed by atoms with Crippen LogP contribution in [0, 0.1) is 12.3 Å². The predicted octanol–water partition coefficient (Wildman–Crippen LogP) is 4.89. The van der Waals surface area contributed by atoms with Crippen LogP contribution in [-0.4, -0.2) is 80.2 Å². The molecule has 8 rings (SSSR count). The largest absolute Gasteiger partial charge is 0.370 e. The van der Waals surface area contributed by atoms with Crippen LogP contribution in [0.5, 0.6) is 0 Å². The topological polar surface area (TPSA) is 109 Å².